The molecule has 7 heteroatoms. The summed E-state index contributed by atoms with van der Waals surface area (Å²) in [5, 5.41) is 16.7. The van der Waals surface area contributed by atoms with Crippen LogP contribution in [-0.2, 0) is 14.4 Å². The highest BCUT2D eigenvalue weighted by molar-refractivity contribution is 6.43. The van der Waals surface area contributed by atoms with E-state index in [0.29, 0.717) is 17.1 Å². The molecule has 3 amide bonds. The lowest BCUT2D eigenvalue weighted by Crippen LogP contribution is -2.29. The first-order valence-electron chi connectivity index (χ1n) is 6.73. The molecule has 2 rings (SSSR count). The second kappa shape index (κ2) is 7.08. The Labute approximate surface area is 132 Å². The third-order valence-corrected chi connectivity index (χ3v) is 2.77. The van der Waals surface area contributed by atoms with Gasteiger partial charge in [-0.2, -0.15) is 0 Å². The molecule has 0 aliphatic carbocycles. The van der Waals surface area contributed by atoms with Crippen molar-refractivity contribution in [2.24, 2.45) is 0 Å². The maximum atomic E-state index is 11.8. The number of rotatable bonds is 3. The molecule has 2 aromatic carbocycles. The molecule has 7 nitrogen and oxygen atoms in total. The largest absolute Gasteiger partial charge is 0.508 e. The third-order valence-electron chi connectivity index (χ3n) is 2.77. The average molecular weight is 313 g/mol. The predicted molar refractivity (Wildman–Crippen MR) is 86.1 cm³/mol. The predicted octanol–water partition coefficient (Wildman–Crippen LogP) is 1.93. The van der Waals surface area contributed by atoms with E-state index in [1.165, 1.54) is 19.1 Å². The van der Waals surface area contributed by atoms with E-state index in [0.717, 1.165) is 0 Å². The normalized spacial score (nSPS) is 9.78. The number of hydrogen-bond donors (Lipinski definition) is 4. The number of carbonyl (C=O) groups is 3. The number of benzene rings is 2. The van der Waals surface area contributed by atoms with Crippen LogP contribution in [0.4, 0.5) is 17.1 Å². The first-order chi connectivity index (χ1) is 10.9. The zero-order valence-corrected chi connectivity index (χ0v) is 12.3. The van der Waals surface area contributed by atoms with Crippen molar-refractivity contribution in [1.82, 2.24) is 0 Å². The lowest BCUT2D eigenvalue weighted by atomic mass is 10.2. The molecule has 0 atom stereocenters. The highest BCUT2D eigenvalue weighted by Crippen LogP contribution is 2.16. The fourth-order valence-electron chi connectivity index (χ4n) is 1.80. The van der Waals surface area contributed by atoms with Gasteiger partial charge in [0.05, 0.1) is 0 Å². The lowest BCUT2D eigenvalue weighted by molar-refractivity contribution is -0.132. The van der Waals surface area contributed by atoms with Crippen LogP contribution in [0.2, 0.25) is 0 Å². The van der Waals surface area contributed by atoms with Gasteiger partial charge < -0.3 is 21.1 Å². The Morgan fingerprint density at radius 1 is 0.783 bits per heavy atom. The number of aromatic hydroxyl groups is 1. The molecule has 0 fully saturated rings. The minimum atomic E-state index is -0.860. The van der Waals surface area contributed by atoms with Crippen LogP contribution in [0, 0.1) is 0 Å². The van der Waals surface area contributed by atoms with Crippen LogP contribution in [0.5, 0.6) is 5.75 Å². The molecule has 0 radical (unpaired) electrons. The van der Waals surface area contributed by atoms with Crippen LogP contribution < -0.4 is 16.0 Å². The van der Waals surface area contributed by atoms with Gasteiger partial charge in [-0.3, -0.25) is 14.4 Å². The van der Waals surface area contributed by atoms with Crippen molar-refractivity contribution < 1.29 is 19.5 Å². The SMILES string of the molecule is CC(=O)Nc1ccc(NC(=O)C(=O)Nc2cccc(O)c2)cc1. The number of phenols is 1. The van der Waals surface area contributed by atoms with Gasteiger partial charge in [0, 0.05) is 30.1 Å². The van der Waals surface area contributed by atoms with E-state index >= 15 is 0 Å². The Morgan fingerprint density at radius 3 is 1.83 bits per heavy atom. The summed E-state index contributed by atoms with van der Waals surface area (Å²) in [5.74, 6) is -1.92. The lowest BCUT2D eigenvalue weighted by Gasteiger charge is -2.08. The summed E-state index contributed by atoms with van der Waals surface area (Å²) in [6.07, 6.45) is 0. The molecule has 0 aliphatic heterocycles. The molecule has 23 heavy (non-hydrogen) atoms. The van der Waals surface area contributed by atoms with Gasteiger partial charge in [0.1, 0.15) is 5.75 Å². The van der Waals surface area contributed by atoms with Gasteiger partial charge in [-0.25, -0.2) is 0 Å². The van der Waals surface area contributed by atoms with E-state index in [-0.39, 0.29) is 11.7 Å². The summed E-state index contributed by atoms with van der Waals surface area (Å²) in [4.78, 5) is 34.5. The van der Waals surface area contributed by atoms with E-state index in [2.05, 4.69) is 16.0 Å². The van der Waals surface area contributed by atoms with Crippen molar-refractivity contribution in [3.63, 3.8) is 0 Å². The molecule has 0 bridgehead atoms. The van der Waals surface area contributed by atoms with Crippen LogP contribution in [0.3, 0.4) is 0 Å². The summed E-state index contributed by atoms with van der Waals surface area (Å²) in [6.45, 7) is 1.39. The van der Waals surface area contributed by atoms with Gasteiger partial charge in [0.25, 0.3) is 0 Å². The molecule has 0 spiro atoms. The second-order valence-electron chi connectivity index (χ2n) is 4.72. The van der Waals surface area contributed by atoms with E-state index in [9.17, 15) is 19.5 Å². The number of carbonyl (C=O) groups excluding carboxylic acids is 3. The third kappa shape index (κ3) is 4.85. The molecule has 0 unspecified atom stereocenters. The van der Waals surface area contributed by atoms with E-state index in [1.54, 1.807) is 36.4 Å². The Morgan fingerprint density at radius 2 is 1.30 bits per heavy atom. The van der Waals surface area contributed by atoms with Crippen molar-refractivity contribution in [2.75, 3.05) is 16.0 Å². The van der Waals surface area contributed by atoms with Gasteiger partial charge in [0.15, 0.2) is 0 Å². The molecule has 0 saturated heterocycles. The molecule has 0 heterocycles. The summed E-state index contributed by atoms with van der Waals surface area (Å²) in [7, 11) is 0. The van der Waals surface area contributed by atoms with Crippen LogP contribution in [0.25, 0.3) is 0 Å². The summed E-state index contributed by atoms with van der Waals surface area (Å²) < 4.78 is 0. The van der Waals surface area contributed by atoms with Crippen molar-refractivity contribution >= 4 is 34.8 Å². The topological polar surface area (TPSA) is 108 Å². The molecular formula is C16H15N3O4. The minimum Gasteiger partial charge on any atom is -0.508 e. The maximum Gasteiger partial charge on any atom is 0.314 e. The zero-order valence-electron chi connectivity index (χ0n) is 12.3. The first kappa shape index (κ1) is 16.0. The maximum absolute atomic E-state index is 11.8. The summed E-state index contributed by atoms with van der Waals surface area (Å²) in [6, 6.07) is 12.2. The number of nitrogens with one attached hydrogen (secondary N) is 3. The van der Waals surface area contributed by atoms with E-state index in [4.69, 9.17) is 0 Å². The minimum absolute atomic E-state index is 0.0169. The number of anilines is 3. The Bertz CT molecular complexity index is 741. The standard InChI is InChI=1S/C16H15N3O4/c1-10(20)17-11-5-7-12(8-6-11)18-15(22)16(23)19-13-3-2-4-14(21)9-13/h2-9,21H,1H3,(H,17,20)(H,18,22)(H,19,23). The Balaban J connectivity index is 1.95. The second-order valence-corrected chi connectivity index (χ2v) is 4.72. The van der Waals surface area contributed by atoms with Gasteiger partial charge in [-0.1, -0.05) is 6.07 Å². The molecule has 118 valence electrons. The van der Waals surface area contributed by atoms with Crippen LogP contribution in [-0.4, -0.2) is 22.8 Å². The zero-order chi connectivity index (χ0) is 16.8. The molecule has 2 aromatic rings. The van der Waals surface area contributed by atoms with Gasteiger partial charge >= 0.3 is 11.8 Å². The van der Waals surface area contributed by atoms with Crippen LogP contribution >= 0.6 is 0 Å². The van der Waals surface area contributed by atoms with Gasteiger partial charge in [-0.15, -0.1) is 0 Å². The van der Waals surface area contributed by atoms with Gasteiger partial charge in [-0.05, 0) is 36.4 Å². The molecular weight excluding hydrogens is 298 g/mol. The summed E-state index contributed by atoms with van der Waals surface area (Å²) in [5.41, 5.74) is 1.31. The molecule has 0 aromatic heterocycles. The fourth-order valence-corrected chi connectivity index (χ4v) is 1.80. The van der Waals surface area contributed by atoms with Crippen molar-refractivity contribution in [2.45, 2.75) is 6.92 Å². The van der Waals surface area contributed by atoms with Crippen molar-refractivity contribution in [3.8, 4) is 5.75 Å². The van der Waals surface area contributed by atoms with Crippen LogP contribution in [0.1, 0.15) is 6.92 Å². The molecule has 4 N–H and O–H groups in total. The average Bonchev–Trinajstić information content (AvgIpc) is 2.48. The number of phenolic OH excluding ortho intramolecular Hbond substituents is 1. The van der Waals surface area contributed by atoms with Gasteiger partial charge in [0.2, 0.25) is 5.91 Å². The fraction of sp³-hybridized carbons (Fsp3) is 0.0625. The van der Waals surface area contributed by atoms with Crippen LogP contribution in [0.15, 0.2) is 48.5 Å². The first-order valence-corrected chi connectivity index (χ1v) is 6.73. The van der Waals surface area contributed by atoms with E-state index in [1.807, 2.05) is 0 Å². The number of hydrogen-bond acceptors (Lipinski definition) is 4. The quantitative estimate of drug-likeness (QED) is 0.649. The monoisotopic (exact) mass is 313 g/mol. The summed E-state index contributed by atoms with van der Waals surface area (Å²) >= 11 is 0. The highest BCUT2D eigenvalue weighted by Gasteiger charge is 2.14. The van der Waals surface area contributed by atoms with Crippen molar-refractivity contribution in [3.05, 3.63) is 48.5 Å². The van der Waals surface area contributed by atoms with E-state index < -0.39 is 11.8 Å². The Hall–Kier alpha value is -3.35. The molecule has 0 saturated carbocycles. The van der Waals surface area contributed by atoms with Crippen molar-refractivity contribution in [1.29, 1.82) is 0 Å². The molecule has 0 aliphatic rings. The highest BCUT2D eigenvalue weighted by atomic mass is 16.3. The Kier molecular flexibility index (Phi) is 4.93. The smallest absolute Gasteiger partial charge is 0.314 e. The number of amides is 3.